The Balaban J connectivity index is 1.78. The molecule has 0 bridgehead atoms. The van der Waals surface area contributed by atoms with Crippen molar-refractivity contribution in [3.05, 3.63) is 56.5 Å². The van der Waals surface area contributed by atoms with Gasteiger partial charge in [0.25, 0.3) is 11.5 Å². The minimum absolute atomic E-state index is 0.0461. The van der Waals surface area contributed by atoms with E-state index in [4.69, 9.17) is 5.11 Å². The van der Waals surface area contributed by atoms with Crippen molar-refractivity contribution in [1.82, 2.24) is 29.9 Å². The average Bonchev–Trinajstić information content (AvgIpc) is 3.06. The van der Waals surface area contributed by atoms with Crippen LogP contribution in [0.3, 0.4) is 0 Å². The van der Waals surface area contributed by atoms with Gasteiger partial charge in [0.15, 0.2) is 0 Å². The van der Waals surface area contributed by atoms with Crippen molar-refractivity contribution in [2.24, 2.45) is 0 Å². The third-order valence-electron chi connectivity index (χ3n) is 3.87. The van der Waals surface area contributed by atoms with Crippen LogP contribution in [0.4, 0.5) is 0 Å². The molecule has 0 radical (unpaired) electrons. The summed E-state index contributed by atoms with van der Waals surface area (Å²) in [6, 6.07) is 4.39. The smallest absolute Gasteiger partial charge is 0.328 e. The number of aromatic amines is 1. The first-order chi connectivity index (χ1) is 12.9. The molecule has 3 aromatic rings. The van der Waals surface area contributed by atoms with E-state index < -0.39 is 23.1 Å². The maximum absolute atomic E-state index is 12.3. The zero-order valence-corrected chi connectivity index (χ0v) is 14.3. The summed E-state index contributed by atoms with van der Waals surface area (Å²) in [5.74, 6) is -1.49. The highest BCUT2D eigenvalue weighted by Gasteiger charge is 2.12. The lowest BCUT2D eigenvalue weighted by atomic mass is 10.1. The quantitative estimate of drug-likeness (QED) is 0.518. The minimum atomic E-state index is -1.05. The van der Waals surface area contributed by atoms with E-state index in [0.717, 1.165) is 9.25 Å². The van der Waals surface area contributed by atoms with Crippen molar-refractivity contribution in [3.63, 3.8) is 0 Å². The number of nitrogens with zero attached hydrogens (tertiary/aromatic N) is 4. The number of benzene rings is 1. The molecular weight excluding hydrogens is 356 g/mol. The average molecular weight is 372 g/mol. The molecule has 0 saturated carbocycles. The van der Waals surface area contributed by atoms with Crippen LogP contribution in [0.2, 0.25) is 0 Å². The van der Waals surface area contributed by atoms with E-state index in [9.17, 15) is 19.2 Å². The Morgan fingerprint density at radius 3 is 2.78 bits per heavy atom. The molecule has 11 heteroatoms. The fraction of sp³-hybridized carbons (Fsp3) is 0.250. The number of carbonyl (C=O) groups is 2. The Kier molecular flexibility index (Phi) is 4.83. The van der Waals surface area contributed by atoms with E-state index in [1.54, 1.807) is 6.92 Å². The van der Waals surface area contributed by atoms with Crippen LogP contribution in [0.1, 0.15) is 23.0 Å². The summed E-state index contributed by atoms with van der Waals surface area (Å²) >= 11 is 0. The molecule has 0 fully saturated rings. The molecule has 27 heavy (non-hydrogen) atoms. The van der Waals surface area contributed by atoms with Crippen LogP contribution < -0.4 is 16.6 Å². The van der Waals surface area contributed by atoms with Gasteiger partial charge in [-0.2, -0.15) is 0 Å². The third kappa shape index (κ3) is 3.76. The van der Waals surface area contributed by atoms with Crippen molar-refractivity contribution in [2.75, 3.05) is 0 Å². The molecule has 140 valence electrons. The van der Waals surface area contributed by atoms with E-state index in [0.29, 0.717) is 11.1 Å². The fourth-order valence-electron chi connectivity index (χ4n) is 2.59. The van der Waals surface area contributed by atoms with Crippen molar-refractivity contribution < 1.29 is 14.7 Å². The number of hydrogen-bond acceptors (Lipinski definition) is 6. The van der Waals surface area contributed by atoms with E-state index in [1.807, 2.05) is 0 Å². The number of carbonyl (C=O) groups excluding carboxylic acids is 1. The summed E-state index contributed by atoms with van der Waals surface area (Å²) in [5.41, 5.74) is -0.0371. The van der Waals surface area contributed by atoms with Crippen LogP contribution >= 0.6 is 0 Å². The topological polar surface area (TPSA) is 152 Å². The van der Waals surface area contributed by atoms with Gasteiger partial charge < -0.3 is 15.4 Å². The van der Waals surface area contributed by atoms with Crippen LogP contribution in [-0.4, -0.2) is 41.5 Å². The van der Waals surface area contributed by atoms with Crippen molar-refractivity contribution in [1.29, 1.82) is 0 Å². The number of carboxylic acids is 1. The molecule has 2 heterocycles. The molecule has 0 saturated heterocycles. The summed E-state index contributed by atoms with van der Waals surface area (Å²) in [6.07, 6.45) is 1.42. The van der Waals surface area contributed by atoms with E-state index in [2.05, 4.69) is 20.6 Å². The van der Waals surface area contributed by atoms with Gasteiger partial charge in [0.2, 0.25) is 0 Å². The van der Waals surface area contributed by atoms with Crippen molar-refractivity contribution in [3.8, 4) is 0 Å². The SMILES string of the molecule is CCn1c(=O)[nH]c2cc(C(=O)NCc3cn(CC(=O)O)nn3)ccc2c1=O. The maximum Gasteiger partial charge on any atom is 0.328 e. The van der Waals surface area contributed by atoms with Crippen LogP contribution in [0.15, 0.2) is 34.0 Å². The zero-order valence-electron chi connectivity index (χ0n) is 14.3. The number of hydrogen-bond donors (Lipinski definition) is 3. The largest absolute Gasteiger partial charge is 0.480 e. The molecule has 0 aliphatic rings. The molecule has 11 nitrogen and oxygen atoms in total. The summed E-state index contributed by atoms with van der Waals surface area (Å²) in [6.45, 7) is 1.66. The Morgan fingerprint density at radius 2 is 2.07 bits per heavy atom. The molecule has 0 aliphatic heterocycles. The molecule has 1 amide bonds. The molecule has 0 atom stereocenters. The van der Waals surface area contributed by atoms with Crippen LogP contribution in [0.5, 0.6) is 0 Å². The van der Waals surface area contributed by atoms with Gasteiger partial charge in [-0.05, 0) is 25.1 Å². The number of H-pyrrole nitrogens is 1. The van der Waals surface area contributed by atoms with Gasteiger partial charge in [-0.15, -0.1) is 5.10 Å². The van der Waals surface area contributed by atoms with E-state index in [1.165, 1.54) is 24.4 Å². The van der Waals surface area contributed by atoms with Gasteiger partial charge in [-0.3, -0.25) is 19.0 Å². The lowest BCUT2D eigenvalue weighted by Crippen LogP contribution is -2.34. The Labute approximate surface area is 151 Å². The number of nitrogens with one attached hydrogen (secondary N) is 2. The predicted molar refractivity (Wildman–Crippen MR) is 93.3 cm³/mol. The van der Waals surface area contributed by atoms with Gasteiger partial charge in [0.1, 0.15) is 12.2 Å². The van der Waals surface area contributed by atoms with Gasteiger partial charge >= 0.3 is 11.7 Å². The lowest BCUT2D eigenvalue weighted by molar-refractivity contribution is -0.137. The van der Waals surface area contributed by atoms with Crippen LogP contribution in [0, 0.1) is 0 Å². The van der Waals surface area contributed by atoms with Gasteiger partial charge in [0.05, 0.1) is 23.6 Å². The first-order valence-electron chi connectivity index (χ1n) is 8.05. The van der Waals surface area contributed by atoms with Crippen LogP contribution in [0.25, 0.3) is 10.9 Å². The van der Waals surface area contributed by atoms with Gasteiger partial charge in [0, 0.05) is 12.1 Å². The lowest BCUT2D eigenvalue weighted by Gasteiger charge is -2.06. The number of carboxylic acid groups (broad SMARTS) is 1. The fourth-order valence-corrected chi connectivity index (χ4v) is 2.59. The predicted octanol–water partition coefficient (Wildman–Crippen LogP) is -0.684. The first kappa shape index (κ1) is 18.0. The number of rotatable bonds is 6. The highest BCUT2D eigenvalue weighted by Crippen LogP contribution is 2.09. The van der Waals surface area contributed by atoms with Crippen LogP contribution in [-0.2, 0) is 24.4 Å². The summed E-state index contributed by atoms with van der Waals surface area (Å²) in [7, 11) is 0. The molecule has 3 N–H and O–H groups in total. The van der Waals surface area contributed by atoms with E-state index in [-0.39, 0.29) is 30.7 Å². The molecule has 3 rings (SSSR count). The number of amides is 1. The Morgan fingerprint density at radius 1 is 1.30 bits per heavy atom. The summed E-state index contributed by atoms with van der Waals surface area (Å²) in [5, 5.41) is 19.0. The van der Waals surface area contributed by atoms with Gasteiger partial charge in [-0.25, -0.2) is 9.48 Å². The second-order valence-electron chi connectivity index (χ2n) is 5.72. The number of aromatic nitrogens is 5. The first-order valence-corrected chi connectivity index (χ1v) is 8.05. The van der Waals surface area contributed by atoms with Crippen molar-refractivity contribution >= 4 is 22.8 Å². The molecule has 2 aromatic heterocycles. The molecule has 0 unspecified atom stereocenters. The van der Waals surface area contributed by atoms with Gasteiger partial charge in [-0.1, -0.05) is 5.21 Å². The Hall–Kier alpha value is -3.76. The number of aliphatic carboxylic acids is 1. The highest BCUT2D eigenvalue weighted by molar-refractivity contribution is 5.97. The zero-order chi connectivity index (χ0) is 19.6. The van der Waals surface area contributed by atoms with Crippen molar-refractivity contribution in [2.45, 2.75) is 26.6 Å². The maximum atomic E-state index is 12.3. The number of fused-ring (bicyclic) bond motifs is 1. The third-order valence-corrected chi connectivity index (χ3v) is 3.87. The molecule has 0 spiro atoms. The molecule has 1 aromatic carbocycles. The molecule has 0 aliphatic carbocycles. The summed E-state index contributed by atoms with van der Waals surface area (Å²) < 4.78 is 2.21. The normalized spacial score (nSPS) is 10.9. The molecular formula is C16H16N6O5. The standard InChI is InChI=1S/C16H16N6O5/c1-2-22-15(26)11-4-3-9(5-12(11)18-16(22)27)14(25)17-6-10-7-21(20-19-10)8-13(23)24/h3-5,7H,2,6,8H2,1H3,(H,17,25)(H,18,27)(H,23,24). The second kappa shape index (κ2) is 7.23. The second-order valence-corrected chi connectivity index (χ2v) is 5.72. The highest BCUT2D eigenvalue weighted by atomic mass is 16.4. The summed E-state index contributed by atoms with van der Waals surface area (Å²) in [4.78, 5) is 49.6. The van der Waals surface area contributed by atoms with E-state index >= 15 is 0 Å². The monoisotopic (exact) mass is 372 g/mol. The Bertz CT molecular complexity index is 1140. The minimum Gasteiger partial charge on any atom is -0.480 e.